The number of morpholine rings is 1. The molecule has 1 aliphatic heterocycles. The van der Waals surface area contributed by atoms with Gasteiger partial charge < -0.3 is 29.7 Å². The van der Waals surface area contributed by atoms with E-state index in [4.69, 9.17) is 14.2 Å². The van der Waals surface area contributed by atoms with Crippen molar-refractivity contribution in [3.63, 3.8) is 0 Å². The number of H-pyrrole nitrogens is 1. The highest BCUT2D eigenvalue weighted by atomic mass is 16.5. The van der Waals surface area contributed by atoms with Crippen molar-refractivity contribution >= 4 is 40.0 Å². The van der Waals surface area contributed by atoms with Gasteiger partial charge in [-0.05, 0) is 49.2 Å². The molecule has 1 amide bonds. The molecule has 11 nitrogen and oxygen atoms in total. The van der Waals surface area contributed by atoms with E-state index in [1.165, 1.54) is 6.33 Å². The molecule has 0 unspecified atom stereocenters. The van der Waals surface area contributed by atoms with Crippen LogP contribution < -0.4 is 25.0 Å². The number of aromatic nitrogens is 4. The van der Waals surface area contributed by atoms with Gasteiger partial charge in [-0.1, -0.05) is 12.1 Å². The number of anilines is 4. The first-order valence-electron chi connectivity index (χ1n) is 12.5. The van der Waals surface area contributed by atoms with E-state index in [0.29, 0.717) is 30.6 Å². The van der Waals surface area contributed by atoms with Crippen molar-refractivity contribution in [2.75, 3.05) is 56.1 Å². The number of hydrogen-bond acceptors (Lipinski definition) is 9. The summed E-state index contributed by atoms with van der Waals surface area (Å²) in [6.45, 7) is 2.91. The minimum Gasteiger partial charge on any atom is -0.497 e. The van der Waals surface area contributed by atoms with Gasteiger partial charge in [0.2, 0.25) is 11.7 Å². The van der Waals surface area contributed by atoms with Crippen molar-refractivity contribution in [1.82, 2.24) is 20.2 Å². The first kappa shape index (κ1) is 25.3. The largest absolute Gasteiger partial charge is 0.497 e. The Labute approximate surface area is 220 Å². The van der Waals surface area contributed by atoms with Crippen LogP contribution in [0.15, 0.2) is 54.9 Å². The van der Waals surface area contributed by atoms with Crippen molar-refractivity contribution in [2.24, 2.45) is 5.92 Å². The Kier molecular flexibility index (Phi) is 7.84. The van der Waals surface area contributed by atoms with Gasteiger partial charge in [-0.2, -0.15) is 5.10 Å². The minimum absolute atomic E-state index is 0.134. The number of aromatic amines is 1. The Morgan fingerprint density at radius 3 is 2.47 bits per heavy atom. The number of benzene rings is 2. The number of nitrogens with zero attached hydrogens (tertiary/aromatic N) is 4. The summed E-state index contributed by atoms with van der Waals surface area (Å²) in [4.78, 5) is 22.2. The zero-order chi connectivity index (χ0) is 26.3. The van der Waals surface area contributed by atoms with Crippen LogP contribution in [0.2, 0.25) is 0 Å². The molecule has 1 saturated carbocycles. The maximum atomic E-state index is 11.4. The fourth-order valence-electron chi connectivity index (χ4n) is 4.08. The molecular formula is C27H31N7O4. The van der Waals surface area contributed by atoms with E-state index in [1.54, 1.807) is 14.2 Å². The normalized spacial score (nSPS) is 14.8. The molecule has 38 heavy (non-hydrogen) atoms. The van der Waals surface area contributed by atoms with E-state index in [2.05, 4.69) is 35.7 Å². The van der Waals surface area contributed by atoms with Crippen LogP contribution in [-0.2, 0) is 9.53 Å². The number of nitrogens with one attached hydrogen (secondary N) is 3. The second kappa shape index (κ2) is 11.8. The highest BCUT2D eigenvalue weighted by molar-refractivity contribution is 5.94. The van der Waals surface area contributed by atoms with Crippen molar-refractivity contribution in [2.45, 2.75) is 12.8 Å². The molecule has 1 saturated heterocycles. The molecule has 0 radical (unpaired) electrons. The van der Waals surface area contributed by atoms with Crippen LogP contribution in [0, 0.1) is 5.92 Å². The molecule has 0 bridgehead atoms. The van der Waals surface area contributed by atoms with E-state index < -0.39 is 0 Å². The van der Waals surface area contributed by atoms with Gasteiger partial charge in [0.25, 0.3) is 0 Å². The number of carbonyl (C=O) groups is 1. The van der Waals surface area contributed by atoms with Crippen LogP contribution in [0.5, 0.6) is 11.5 Å². The second-order valence-corrected chi connectivity index (χ2v) is 8.91. The van der Waals surface area contributed by atoms with Crippen molar-refractivity contribution in [3.8, 4) is 11.5 Å². The Hall–Kier alpha value is -4.38. The topological polar surface area (TPSA) is 127 Å². The summed E-state index contributed by atoms with van der Waals surface area (Å²) >= 11 is 0. The van der Waals surface area contributed by atoms with Gasteiger partial charge in [0.15, 0.2) is 17.5 Å². The Bertz CT molecular complexity index is 1370. The molecule has 2 fully saturated rings. The fourth-order valence-corrected chi connectivity index (χ4v) is 4.08. The fraction of sp³-hybridized carbons (Fsp3) is 0.333. The average molecular weight is 518 g/mol. The number of hydrogen-bond donors (Lipinski definition) is 3. The lowest BCUT2D eigenvalue weighted by Crippen LogP contribution is -2.37. The molecule has 3 N–H and O–H groups in total. The number of fused-ring (bicyclic) bond motifs is 1. The number of rotatable bonds is 7. The molecule has 1 aliphatic carbocycles. The van der Waals surface area contributed by atoms with E-state index in [-0.39, 0.29) is 11.8 Å². The van der Waals surface area contributed by atoms with Gasteiger partial charge in [-0.3, -0.25) is 9.89 Å². The number of ether oxygens (including phenoxy) is 3. The Balaban J connectivity index is 0.000000179. The lowest BCUT2D eigenvalue weighted by atomic mass is 10.2. The summed E-state index contributed by atoms with van der Waals surface area (Å²) in [5.41, 5.74) is 1.80. The molecule has 3 heterocycles. The zero-order valence-electron chi connectivity index (χ0n) is 21.4. The number of amides is 1. The molecule has 2 aliphatic rings. The van der Waals surface area contributed by atoms with Crippen molar-refractivity contribution in [1.29, 1.82) is 0 Å². The lowest BCUT2D eigenvalue weighted by molar-refractivity contribution is -0.117. The molecule has 4 aromatic rings. The predicted molar refractivity (Wildman–Crippen MR) is 145 cm³/mol. The summed E-state index contributed by atoms with van der Waals surface area (Å²) in [7, 11) is 3.24. The zero-order valence-corrected chi connectivity index (χ0v) is 21.4. The molecule has 0 spiro atoms. The Morgan fingerprint density at radius 1 is 1.00 bits per heavy atom. The SMILES string of the molecule is COc1c(Nc2n[nH]c3ccccc23)ncnc1N1CCOCC1.COc1ccc(NC(=O)C2CC2)cc1. The predicted octanol–water partition coefficient (Wildman–Crippen LogP) is 3.99. The molecule has 6 rings (SSSR count). The summed E-state index contributed by atoms with van der Waals surface area (Å²) in [5, 5.41) is 14.4. The monoisotopic (exact) mass is 517 g/mol. The van der Waals surface area contributed by atoms with Crippen LogP contribution >= 0.6 is 0 Å². The third-order valence-electron chi connectivity index (χ3n) is 6.31. The second-order valence-electron chi connectivity index (χ2n) is 8.91. The van der Waals surface area contributed by atoms with Gasteiger partial charge in [-0.25, -0.2) is 9.97 Å². The van der Waals surface area contributed by atoms with E-state index in [1.807, 2.05) is 48.5 Å². The third kappa shape index (κ3) is 5.94. The first-order valence-corrected chi connectivity index (χ1v) is 12.5. The van der Waals surface area contributed by atoms with E-state index in [0.717, 1.165) is 54.1 Å². The highest BCUT2D eigenvalue weighted by Crippen LogP contribution is 2.35. The number of para-hydroxylation sites is 1. The summed E-state index contributed by atoms with van der Waals surface area (Å²) < 4.78 is 16.0. The van der Waals surface area contributed by atoms with Gasteiger partial charge in [-0.15, -0.1) is 0 Å². The van der Waals surface area contributed by atoms with Gasteiger partial charge in [0.05, 0.1) is 33.0 Å². The molecule has 2 aromatic carbocycles. The molecule has 11 heteroatoms. The standard InChI is InChI=1S/C16H18N6O2.C11H13NO2/c1-23-13-15(17-10-18-16(13)22-6-8-24-9-7-22)19-14-11-4-2-3-5-12(11)20-21-14;1-14-10-6-4-9(5-7-10)12-11(13)8-2-3-8/h2-5,10H,6-9H2,1H3,(H2,17,18,19,20,21);4-8H,2-3H2,1H3,(H,12,13). The van der Waals surface area contributed by atoms with Gasteiger partial charge in [0, 0.05) is 30.1 Å². The van der Waals surface area contributed by atoms with Crippen LogP contribution in [0.1, 0.15) is 12.8 Å². The number of methoxy groups -OCH3 is 2. The van der Waals surface area contributed by atoms with Crippen LogP contribution in [0.3, 0.4) is 0 Å². The maximum absolute atomic E-state index is 11.4. The Morgan fingerprint density at radius 2 is 1.76 bits per heavy atom. The quantitative estimate of drug-likeness (QED) is 0.334. The third-order valence-corrected chi connectivity index (χ3v) is 6.31. The first-order chi connectivity index (χ1) is 18.7. The molecule has 0 atom stereocenters. The average Bonchev–Trinajstić information content (AvgIpc) is 3.76. The van der Waals surface area contributed by atoms with Gasteiger partial charge >= 0.3 is 0 Å². The maximum Gasteiger partial charge on any atom is 0.227 e. The van der Waals surface area contributed by atoms with Crippen LogP contribution in [0.4, 0.5) is 23.1 Å². The van der Waals surface area contributed by atoms with Gasteiger partial charge in [0.1, 0.15) is 12.1 Å². The minimum atomic E-state index is 0.134. The molecule has 2 aromatic heterocycles. The summed E-state index contributed by atoms with van der Waals surface area (Å²) in [5.74, 6) is 3.84. The van der Waals surface area contributed by atoms with Crippen molar-refractivity contribution < 1.29 is 19.0 Å². The molecule has 198 valence electrons. The highest BCUT2D eigenvalue weighted by Gasteiger charge is 2.29. The summed E-state index contributed by atoms with van der Waals surface area (Å²) in [6.07, 6.45) is 3.59. The van der Waals surface area contributed by atoms with E-state index in [9.17, 15) is 4.79 Å². The smallest absolute Gasteiger partial charge is 0.227 e. The van der Waals surface area contributed by atoms with Crippen LogP contribution in [-0.4, -0.2) is 66.6 Å². The van der Waals surface area contributed by atoms with E-state index >= 15 is 0 Å². The lowest BCUT2D eigenvalue weighted by Gasteiger charge is -2.29. The van der Waals surface area contributed by atoms with Crippen LogP contribution in [0.25, 0.3) is 10.9 Å². The summed E-state index contributed by atoms with van der Waals surface area (Å²) in [6, 6.07) is 15.3. The molecular weight excluding hydrogens is 486 g/mol. The number of carbonyl (C=O) groups excluding carboxylic acids is 1. The van der Waals surface area contributed by atoms with Crippen molar-refractivity contribution in [3.05, 3.63) is 54.9 Å².